The number of fused-ring (bicyclic) bond motifs is 1. The van der Waals surface area contributed by atoms with Gasteiger partial charge in [0.15, 0.2) is 0 Å². The summed E-state index contributed by atoms with van der Waals surface area (Å²) in [5, 5.41) is 4.84. The highest BCUT2D eigenvalue weighted by Gasteiger charge is 2.37. The van der Waals surface area contributed by atoms with Crippen molar-refractivity contribution in [1.82, 2.24) is 10.2 Å². The number of benzene rings is 2. The van der Waals surface area contributed by atoms with Crippen LogP contribution in [-0.4, -0.2) is 50.9 Å². The van der Waals surface area contributed by atoms with Crippen LogP contribution in [-0.2, 0) is 14.3 Å². The minimum Gasteiger partial charge on any atom is -0.493 e. The molecule has 3 rings (SSSR count). The van der Waals surface area contributed by atoms with Crippen molar-refractivity contribution in [2.24, 2.45) is 0 Å². The van der Waals surface area contributed by atoms with Gasteiger partial charge in [-0.3, -0.25) is 0 Å². The zero-order valence-electron chi connectivity index (χ0n) is 17.2. The predicted octanol–water partition coefficient (Wildman–Crippen LogP) is 3.40. The minimum absolute atomic E-state index is 0.129. The maximum Gasteiger partial charge on any atom is 0.338 e. The maximum atomic E-state index is 13.0. The average Bonchev–Trinajstić information content (AvgIpc) is 2.72. The van der Waals surface area contributed by atoms with E-state index in [4.69, 9.17) is 14.2 Å². The highest BCUT2D eigenvalue weighted by atomic mass is 16.6. The van der Waals surface area contributed by atoms with Gasteiger partial charge in [-0.2, -0.15) is 0 Å². The lowest BCUT2D eigenvalue weighted by molar-refractivity contribution is -0.140. The third-order valence-corrected chi connectivity index (χ3v) is 5.01. The summed E-state index contributed by atoms with van der Waals surface area (Å²) >= 11 is 0. The molecule has 0 aliphatic carbocycles. The molecule has 1 aliphatic rings. The van der Waals surface area contributed by atoms with Crippen molar-refractivity contribution >= 4 is 22.8 Å². The normalized spacial score (nSPS) is 16.8. The SMILES string of the molecule is CCOc1ccc2ccccc2c1[C@@H]1NC(=O)N(C)C(C)=C1C(=O)OCCOC. The predicted molar refractivity (Wildman–Crippen MR) is 110 cm³/mol. The first-order valence-corrected chi connectivity index (χ1v) is 9.55. The van der Waals surface area contributed by atoms with Gasteiger partial charge in [0.05, 0.1) is 24.8 Å². The van der Waals surface area contributed by atoms with Crippen molar-refractivity contribution in [3.05, 3.63) is 53.2 Å². The molecule has 2 aromatic carbocycles. The van der Waals surface area contributed by atoms with Gasteiger partial charge in [0.2, 0.25) is 0 Å². The number of nitrogens with zero attached hydrogens (tertiary/aromatic N) is 1. The molecule has 1 N–H and O–H groups in total. The third-order valence-electron chi connectivity index (χ3n) is 5.01. The molecule has 0 saturated carbocycles. The number of hydrogen-bond donors (Lipinski definition) is 1. The number of urea groups is 1. The van der Waals surface area contributed by atoms with E-state index in [1.807, 2.05) is 43.3 Å². The molecule has 1 aliphatic heterocycles. The zero-order chi connectivity index (χ0) is 21.0. The van der Waals surface area contributed by atoms with E-state index in [2.05, 4.69) is 5.32 Å². The van der Waals surface area contributed by atoms with Crippen LogP contribution in [0.25, 0.3) is 10.8 Å². The van der Waals surface area contributed by atoms with Crippen LogP contribution in [0.1, 0.15) is 25.5 Å². The van der Waals surface area contributed by atoms with Gasteiger partial charge in [-0.25, -0.2) is 9.59 Å². The van der Waals surface area contributed by atoms with E-state index >= 15 is 0 Å². The standard InChI is InChI=1S/C22H26N2O5/c1-5-28-17-11-10-15-8-6-7-9-16(15)19(17)20-18(21(25)29-13-12-27-4)14(2)24(3)22(26)23-20/h6-11,20H,5,12-13H2,1-4H3,(H,23,26)/t20-/m1/s1. The topological polar surface area (TPSA) is 77.1 Å². The van der Waals surface area contributed by atoms with Crippen molar-refractivity contribution < 1.29 is 23.8 Å². The van der Waals surface area contributed by atoms with Crippen molar-refractivity contribution in [3.8, 4) is 5.75 Å². The number of esters is 1. The van der Waals surface area contributed by atoms with Crippen LogP contribution in [0, 0.1) is 0 Å². The first kappa shape index (κ1) is 20.7. The monoisotopic (exact) mass is 398 g/mol. The van der Waals surface area contributed by atoms with Gasteiger partial charge in [-0.1, -0.05) is 30.3 Å². The summed E-state index contributed by atoms with van der Waals surface area (Å²) in [5.41, 5.74) is 1.65. The Bertz CT molecular complexity index is 953. The Kier molecular flexibility index (Phi) is 6.39. The van der Waals surface area contributed by atoms with Crippen LogP contribution in [0.2, 0.25) is 0 Å². The lowest BCUT2D eigenvalue weighted by atomic mass is 9.90. The molecule has 0 aromatic heterocycles. The number of nitrogens with one attached hydrogen (secondary N) is 1. The molecule has 0 saturated heterocycles. The van der Waals surface area contributed by atoms with E-state index in [0.717, 1.165) is 16.3 Å². The van der Waals surface area contributed by atoms with Crippen LogP contribution in [0.4, 0.5) is 4.79 Å². The molecular weight excluding hydrogens is 372 g/mol. The molecule has 0 radical (unpaired) electrons. The number of rotatable bonds is 7. The molecule has 2 amide bonds. The quantitative estimate of drug-likeness (QED) is 0.571. The fourth-order valence-corrected chi connectivity index (χ4v) is 3.47. The summed E-state index contributed by atoms with van der Waals surface area (Å²) in [6, 6.07) is 10.7. The van der Waals surface area contributed by atoms with Crippen molar-refractivity contribution in [2.45, 2.75) is 19.9 Å². The molecule has 7 heteroatoms. The summed E-state index contributed by atoms with van der Waals surface area (Å²) in [7, 11) is 3.16. The van der Waals surface area contributed by atoms with Gasteiger partial charge < -0.3 is 24.4 Å². The molecule has 7 nitrogen and oxygen atoms in total. The number of amides is 2. The number of allylic oxidation sites excluding steroid dienone is 1. The smallest absolute Gasteiger partial charge is 0.338 e. The van der Waals surface area contributed by atoms with Gasteiger partial charge in [-0.05, 0) is 30.7 Å². The van der Waals surface area contributed by atoms with E-state index < -0.39 is 12.0 Å². The number of carbonyl (C=O) groups is 2. The molecule has 2 aromatic rings. The van der Waals surface area contributed by atoms with E-state index in [1.165, 1.54) is 4.90 Å². The Labute approximate surface area is 170 Å². The van der Waals surface area contributed by atoms with Crippen molar-refractivity contribution in [1.29, 1.82) is 0 Å². The van der Waals surface area contributed by atoms with Gasteiger partial charge in [0.25, 0.3) is 0 Å². The molecule has 29 heavy (non-hydrogen) atoms. The second kappa shape index (κ2) is 8.96. The van der Waals surface area contributed by atoms with Crippen LogP contribution in [0.5, 0.6) is 5.75 Å². The Balaban J connectivity index is 2.17. The third kappa shape index (κ3) is 4.05. The average molecular weight is 398 g/mol. The molecule has 0 fully saturated rings. The Morgan fingerprint density at radius 1 is 1.17 bits per heavy atom. The largest absolute Gasteiger partial charge is 0.493 e. The fourth-order valence-electron chi connectivity index (χ4n) is 3.47. The van der Waals surface area contributed by atoms with Crippen LogP contribution >= 0.6 is 0 Å². The first-order valence-electron chi connectivity index (χ1n) is 9.55. The van der Waals surface area contributed by atoms with Crippen LogP contribution in [0.3, 0.4) is 0 Å². The van der Waals surface area contributed by atoms with Gasteiger partial charge in [-0.15, -0.1) is 0 Å². The summed E-state index contributed by atoms with van der Waals surface area (Å²) in [5.74, 6) is 0.128. The molecule has 0 bridgehead atoms. The van der Waals surface area contributed by atoms with E-state index in [-0.39, 0.29) is 12.6 Å². The van der Waals surface area contributed by atoms with Crippen molar-refractivity contribution in [3.63, 3.8) is 0 Å². The molecule has 0 unspecified atom stereocenters. The fraction of sp³-hybridized carbons (Fsp3) is 0.364. The van der Waals surface area contributed by atoms with Crippen LogP contribution in [0.15, 0.2) is 47.7 Å². The summed E-state index contributed by atoms with van der Waals surface area (Å²) in [4.78, 5) is 27.0. The molecular formula is C22H26N2O5. The maximum absolute atomic E-state index is 13.0. The summed E-state index contributed by atoms with van der Waals surface area (Å²) < 4.78 is 16.2. The molecule has 1 heterocycles. The summed E-state index contributed by atoms with van der Waals surface area (Å²) in [6.45, 7) is 4.52. The highest BCUT2D eigenvalue weighted by molar-refractivity contribution is 5.98. The number of ether oxygens (including phenoxy) is 3. The van der Waals surface area contributed by atoms with Gasteiger partial charge in [0.1, 0.15) is 12.4 Å². The molecule has 1 atom stereocenters. The van der Waals surface area contributed by atoms with E-state index in [9.17, 15) is 9.59 Å². The lowest BCUT2D eigenvalue weighted by Crippen LogP contribution is -2.46. The van der Waals surface area contributed by atoms with E-state index in [1.54, 1.807) is 21.1 Å². The second-order valence-corrected chi connectivity index (χ2v) is 6.70. The van der Waals surface area contributed by atoms with Crippen LogP contribution < -0.4 is 10.1 Å². The first-order chi connectivity index (χ1) is 14.0. The Hall–Kier alpha value is -3.06. The van der Waals surface area contributed by atoms with Gasteiger partial charge >= 0.3 is 12.0 Å². The lowest BCUT2D eigenvalue weighted by Gasteiger charge is -2.34. The van der Waals surface area contributed by atoms with Gasteiger partial charge in [0, 0.05) is 25.4 Å². The highest BCUT2D eigenvalue weighted by Crippen LogP contribution is 2.40. The van der Waals surface area contributed by atoms with Crippen molar-refractivity contribution in [2.75, 3.05) is 34.0 Å². The zero-order valence-corrected chi connectivity index (χ0v) is 17.2. The molecule has 0 spiro atoms. The minimum atomic E-state index is -0.693. The second-order valence-electron chi connectivity index (χ2n) is 6.70. The number of methoxy groups -OCH3 is 1. The Morgan fingerprint density at radius 2 is 1.93 bits per heavy atom. The number of carbonyl (C=O) groups excluding carboxylic acids is 2. The Morgan fingerprint density at radius 3 is 2.66 bits per heavy atom. The van der Waals surface area contributed by atoms with E-state index in [0.29, 0.717) is 30.2 Å². The molecule has 154 valence electrons. The number of hydrogen-bond acceptors (Lipinski definition) is 5. The summed E-state index contributed by atoms with van der Waals surface area (Å²) in [6.07, 6.45) is 0.